The van der Waals surface area contributed by atoms with Crippen LogP contribution in [0.5, 0.6) is 0 Å². The van der Waals surface area contributed by atoms with E-state index in [1.807, 2.05) is 0 Å². The first-order valence-corrected chi connectivity index (χ1v) is 4.80. The maximum Gasteiger partial charge on any atom is 0.0749 e. The molecule has 12 heavy (non-hydrogen) atoms. The molecule has 0 aromatic rings. The second-order valence-corrected chi connectivity index (χ2v) is 3.50. The number of aliphatic hydroxyl groups is 2. The fraction of sp³-hybridized carbons (Fsp3) is 0.800. The summed E-state index contributed by atoms with van der Waals surface area (Å²) in [5, 5.41) is 18.1. The van der Waals surface area contributed by atoms with E-state index in [-0.39, 0.29) is 12.7 Å². The molecule has 1 saturated carbocycles. The highest BCUT2D eigenvalue weighted by atomic mass is 16.3. The smallest absolute Gasteiger partial charge is 0.0749 e. The summed E-state index contributed by atoms with van der Waals surface area (Å²) in [6, 6.07) is 0. The molecule has 0 aliphatic heterocycles. The van der Waals surface area contributed by atoms with Crippen LogP contribution in [0.3, 0.4) is 0 Å². The van der Waals surface area contributed by atoms with Crippen LogP contribution in [0, 0.1) is 5.92 Å². The van der Waals surface area contributed by atoms with E-state index < -0.39 is 0 Å². The van der Waals surface area contributed by atoms with E-state index in [2.05, 4.69) is 0 Å². The minimum Gasteiger partial charge on any atom is -0.392 e. The number of hydrogen-bond acceptors (Lipinski definition) is 2. The van der Waals surface area contributed by atoms with Crippen LogP contribution in [0.15, 0.2) is 12.2 Å². The Morgan fingerprint density at radius 1 is 1.25 bits per heavy atom. The van der Waals surface area contributed by atoms with Crippen LogP contribution in [0.25, 0.3) is 0 Å². The largest absolute Gasteiger partial charge is 0.392 e. The van der Waals surface area contributed by atoms with Crippen LogP contribution in [0.1, 0.15) is 32.1 Å². The molecule has 0 aromatic heterocycles. The standard InChI is InChI=1S/C10H18O2/c11-8-4-7-10(12)9-5-2-1-3-6-9/h4,7,9-12H,1-3,5-6,8H2/b7-4+/t10-/m1/s1. The molecule has 2 N–H and O–H groups in total. The molecule has 1 aliphatic carbocycles. The Balaban J connectivity index is 2.29. The lowest BCUT2D eigenvalue weighted by Gasteiger charge is -2.24. The Labute approximate surface area is 73.9 Å². The zero-order valence-corrected chi connectivity index (χ0v) is 7.45. The Hall–Kier alpha value is -0.340. The Kier molecular flexibility index (Phi) is 4.33. The molecule has 1 atom stereocenters. The molecule has 0 heterocycles. The number of aliphatic hydroxyl groups excluding tert-OH is 2. The van der Waals surface area contributed by atoms with Crippen molar-refractivity contribution in [2.24, 2.45) is 5.92 Å². The maximum atomic E-state index is 9.61. The van der Waals surface area contributed by atoms with Gasteiger partial charge in [0.1, 0.15) is 0 Å². The van der Waals surface area contributed by atoms with Crippen molar-refractivity contribution in [2.75, 3.05) is 6.61 Å². The van der Waals surface area contributed by atoms with E-state index >= 15 is 0 Å². The van der Waals surface area contributed by atoms with E-state index in [1.54, 1.807) is 12.2 Å². The van der Waals surface area contributed by atoms with Gasteiger partial charge in [-0.15, -0.1) is 0 Å². The number of hydrogen-bond donors (Lipinski definition) is 2. The third-order valence-corrected chi connectivity index (χ3v) is 2.57. The molecule has 1 rings (SSSR count). The highest BCUT2D eigenvalue weighted by Gasteiger charge is 2.18. The van der Waals surface area contributed by atoms with E-state index in [4.69, 9.17) is 5.11 Å². The fourth-order valence-corrected chi connectivity index (χ4v) is 1.83. The van der Waals surface area contributed by atoms with Gasteiger partial charge in [-0.25, -0.2) is 0 Å². The van der Waals surface area contributed by atoms with Crippen LogP contribution in [0.2, 0.25) is 0 Å². The average molecular weight is 170 g/mol. The van der Waals surface area contributed by atoms with E-state index in [9.17, 15) is 5.11 Å². The van der Waals surface area contributed by atoms with Gasteiger partial charge in [0.25, 0.3) is 0 Å². The van der Waals surface area contributed by atoms with Crippen molar-refractivity contribution >= 4 is 0 Å². The molecule has 0 radical (unpaired) electrons. The van der Waals surface area contributed by atoms with Gasteiger partial charge in [-0.2, -0.15) is 0 Å². The predicted octanol–water partition coefficient (Wildman–Crippen LogP) is 1.48. The third kappa shape index (κ3) is 2.95. The zero-order chi connectivity index (χ0) is 8.81. The van der Waals surface area contributed by atoms with Gasteiger partial charge in [0.05, 0.1) is 12.7 Å². The SMILES string of the molecule is OC/C=C/[C@@H](O)C1CCCCC1. The molecule has 0 saturated heterocycles. The molecule has 1 fully saturated rings. The van der Waals surface area contributed by atoms with Crippen molar-refractivity contribution in [1.29, 1.82) is 0 Å². The molecule has 2 heteroatoms. The second-order valence-electron chi connectivity index (χ2n) is 3.50. The summed E-state index contributed by atoms with van der Waals surface area (Å²) in [5.41, 5.74) is 0. The van der Waals surface area contributed by atoms with Gasteiger partial charge in [-0.05, 0) is 18.8 Å². The molecule has 70 valence electrons. The average Bonchev–Trinajstić information content (AvgIpc) is 2.15. The summed E-state index contributed by atoms with van der Waals surface area (Å²) < 4.78 is 0. The van der Waals surface area contributed by atoms with Crippen LogP contribution >= 0.6 is 0 Å². The molecule has 0 spiro atoms. The van der Waals surface area contributed by atoms with Gasteiger partial charge in [0, 0.05) is 0 Å². The first-order chi connectivity index (χ1) is 5.84. The Morgan fingerprint density at radius 2 is 1.92 bits per heavy atom. The summed E-state index contributed by atoms with van der Waals surface area (Å²) in [4.78, 5) is 0. The van der Waals surface area contributed by atoms with Crippen molar-refractivity contribution in [3.63, 3.8) is 0 Å². The predicted molar refractivity (Wildman–Crippen MR) is 48.8 cm³/mol. The molecular formula is C10H18O2. The third-order valence-electron chi connectivity index (χ3n) is 2.57. The molecule has 1 aliphatic rings. The Morgan fingerprint density at radius 3 is 2.50 bits per heavy atom. The monoisotopic (exact) mass is 170 g/mol. The molecular weight excluding hydrogens is 152 g/mol. The quantitative estimate of drug-likeness (QED) is 0.630. The Bertz CT molecular complexity index is 137. The highest BCUT2D eigenvalue weighted by Crippen LogP contribution is 2.26. The summed E-state index contributed by atoms with van der Waals surface area (Å²) in [6.07, 6.45) is 9.08. The van der Waals surface area contributed by atoms with Crippen molar-refractivity contribution in [3.8, 4) is 0 Å². The molecule has 2 nitrogen and oxygen atoms in total. The highest BCUT2D eigenvalue weighted by molar-refractivity contribution is 4.92. The summed E-state index contributed by atoms with van der Waals surface area (Å²) in [6.45, 7) is 0.0315. The molecule has 0 unspecified atom stereocenters. The van der Waals surface area contributed by atoms with Gasteiger partial charge in [-0.1, -0.05) is 31.4 Å². The summed E-state index contributed by atoms with van der Waals surface area (Å²) in [7, 11) is 0. The van der Waals surface area contributed by atoms with Crippen LogP contribution in [-0.2, 0) is 0 Å². The van der Waals surface area contributed by atoms with Crippen molar-refractivity contribution in [3.05, 3.63) is 12.2 Å². The number of rotatable bonds is 3. The van der Waals surface area contributed by atoms with Crippen LogP contribution in [0.4, 0.5) is 0 Å². The first kappa shape index (κ1) is 9.75. The lowest BCUT2D eigenvalue weighted by atomic mass is 9.85. The van der Waals surface area contributed by atoms with Crippen molar-refractivity contribution < 1.29 is 10.2 Å². The van der Waals surface area contributed by atoms with Gasteiger partial charge < -0.3 is 10.2 Å². The van der Waals surface area contributed by atoms with Gasteiger partial charge in [0.15, 0.2) is 0 Å². The van der Waals surface area contributed by atoms with E-state index in [0.29, 0.717) is 5.92 Å². The molecule has 0 amide bonds. The minimum absolute atomic E-state index is 0.0315. The molecule has 0 aromatic carbocycles. The maximum absolute atomic E-state index is 9.61. The normalized spacial score (nSPS) is 23.2. The van der Waals surface area contributed by atoms with Crippen LogP contribution < -0.4 is 0 Å². The first-order valence-electron chi connectivity index (χ1n) is 4.80. The summed E-state index contributed by atoms with van der Waals surface area (Å²) >= 11 is 0. The van der Waals surface area contributed by atoms with E-state index in [1.165, 1.54) is 19.3 Å². The van der Waals surface area contributed by atoms with Crippen molar-refractivity contribution in [2.45, 2.75) is 38.2 Å². The second kappa shape index (κ2) is 5.33. The van der Waals surface area contributed by atoms with Gasteiger partial charge in [0.2, 0.25) is 0 Å². The summed E-state index contributed by atoms with van der Waals surface area (Å²) in [5.74, 6) is 0.432. The lowest BCUT2D eigenvalue weighted by Crippen LogP contribution is -2.20. The van der Waals surface area contributed by atoms with Crippen LogP contribution in [-0.4, -0.2) is 22.9 Å². The minimum atomic E-state index is -0.336. The fourth-order valence-electron chi connectivity index (χ4n) is 1.83. The van der Waals surface area contributed by atoms with Gasteiger partial charge >= 0.3 is 0 Å². The zero-order valence-electron chi connectivity index (χ0n) is 7.45. The molecule has 0 bridgehead atoms. The van der Waals surface area contributed by atoms with Gasteiger partial charge in [-0.3, -0.25) is 0 Å². The van der Waals surface area contributed by atoms with Crippen molar-refractivity contribution in [1.82, 2.24) is 0 Å². The topological polar surface area (TPSA) is 40.5 Å². The lowest BCUT2D eigenvalue weighted by molar-refractivity contribution is 0.124. The van der Waals surface area contributed by atoms with E-state index in [0.717, 1.165) is 12.8 Å².